The zero-order valence-electron chi connectivity index (χ0n) is 18.9. The van der Waals surface area contributed by atoms with Crippen molar-refractivity contribution >= 4 is 50.3 Å². The minimum Gasteiger partial charge on any atom is -0.493 e. The highest BCUT2D eigenvalue weighted by atomic mass is 32.1. The van der Waals surface area contributed by atoms with Crippen LogP contribution in [0, 0.1) is 0 Å². The maximum Gasteiger partial charge on any atom is 0.257 e. The van der Waals surface area contributed by atoms with Crippen LogP contribution in [0.2, 0.25) is 0 Å². The number of fused-ring (bicyclic) bond motifs is 2. The first kappa shape index (κ1) is 21.7. The maximum absolute atomic E-state index is 12.5. The lowest BCUT2D eigenvalue weighted by Gasteiger charge is -2.32. The quantitative estimate of drug-likeness (QED) is 0.396. The first-order valence-corrected chi connectivity index (χ1v) is 11.4. The molecule has 0 radical (unpaired) electrons. The fourth-order valence-electron chi connectivity index (χ4n) is 3.82. The maximum atomic E-state index is 12.5. The highest BCUT2D eigenvalue weighted by molar-refractivity contribution is 7.22. The van der Waals surface area contributed by atoms with Crippen LogP contribution in [0.4, 0.5) is 16.5 Å². The summed E-state index contributed by atoms with van der Waals surface area (Å²) in [6, 6.07) is 18.9. The number of carbonyl (C=O) groups excluding carboxylic acids is 1. The van der Waals surface area contributed by atoms with Crippen molar-refractivity contribution in [1.82, 2.24) is 9.88 Å². The molecular weight excluding hydrogens is 450 g/mol. The van der Waals surface area contributed by atoms with Crippen molar-refractivity contribution in [3.05, 3.63) is 71.8 Å². The predicted octanol–water partition coefficient (Wildman–Crippen LogP) is 5.28. The Labute approximate surface area is 200 Å². The molecule has 1 unspecified atom stereocenters. The van der Waals surface area contributed by atoms with E-state index in [1.807, 2.05) is 60.5 Å². The fraction of sp³-hybridized carbons (Fsp3) is 0.160. The van der Waals surface area contributed by atoms with Crippen LogP contribution in [0.1, 0.15) is 22.1 Å². The molecule has 0 spiro atoms. The summed E-state index contributed by atoms with van der Waals surface area (Å²) in [5.74, 6) is 1.10. The van der Waals surface area contributed by atoms with E-state index in [9.17, 15) is 4.79 Å². The van der Waals surface area contributed by atoms with E-state index >= 15 is 0 Å². The second-order valence-electron chi connectivity index (χ2n) is 7.74. The summed E-state index contributed by atoms with van der Waals surface area (Å²) in [5, 5.41) is 7.01. The van der Waals surface area contributed by atoms with Crippen LogP contribution in [0.5, 0.6) is 11.5 Å². The standard InChI is InChI=1S/C25H23N5O3S/c1-30-14-26-18-13-21(33-3)20(32-2)12-17(18)23(30)27-16-9-10-22-19(11-16)28-25(34-22)29-24(31)15-7-5-4-6-8-15/h4-14,23,27H,1-3H3,(H,28,29,31). The topological polar surface area (TPSA) is 88.1 Å². The van der Waals surface area contributed by atoms with Gasteiger partial charge in [0.2, 0.25) is 0 Å². The monoisotopic (exact) mass is 473 g/mol. The first-order chi connectivity index (χ1) is 16.6. The van der Waals surface area contributed by atoms with Crippen LogP contribution in [0.25, 0.3) is 10.2 Å². The lowest BCUT2D eigenvalue weighted by molar-refractivity contribution is 0.102. The van der Waals surface area contributed by atoms with Gasteiger partial charge in [0.15, 0.2) is 16.6 Å². The van der Waals surface area contributed by atoms with Crippen molar-refractivity contribution in [3.63, 3.8) is 0 Å². The molecule has 2 heterocycles. The number of benzene rings is 3. The van der Waals surface area contributed by atoms with Gasteiger partial charge in [-0.15, -0.1) is 0 Å². The molecule has 1 atom stereocenters. The Hall–Kier alpha value is -4.11. The number of hydrogen-bond donors (Lipinski definition) is 2. The number of hydrogen-bond acceptors (Lipinski definition) is 8. The average molecular weight is 474 g/mol. The van der Waals surface area contributed by atoms with E-state index in [0.29, 0.717) is 22.2 Å². The Bertz CT molecular complexity index is 1390. The lowest BCUT2D eigenvalue weighted by Crippen LogP contribution is -2.31. The second kappa shape index (κ2) is 9.03. The summed E-state index contributed by atoms with van der Waals surface area (Å²) >= 11 is 1.44. The van der Waals surface area contributed by atoms with Crippen molar-refractivity contribution in [1.29, 1.82) is 0 Å². The van der Waals surface area contributed by atoms with Crippen LogP contribution in [-0.2, 0) is 0 Å². The second-order valence-corrected chi connectivity index (χ2v) is 8.78. The predicted molar refractivity (Wildman–Crippen MR) is 136 cm³/mol. The molecule has 0 bridgehead atoms. The number of amides is 1. The molecule has 0 aliphatic carbocycles. The molecule has 34 heavy (non-hydrogen) atoms. The molecule has 1 aliphatic rings. The van der Waals surface area contributed by atoms with Crippen LogP contribution in [0.15, 0.2) is 65.7 Å². The van der Waals surface area contributed by atoms with Gasteiger partial charge in [-0.25, -0.2) is 9.98 Å². The summed E-state index contributed by atoms with van der Waals surface area (Å²) in [7, 11) is 5.18. The summed E-state index contributed by atoms with van der Waals surface area (Å²) in [6.45, 7) is 0. The van der Waals surface area contributed by atoms with Gasteiger partial charge >= 0.3 is 0 Å². The van der Waals surface area contributed by atoms with E-state index in [0.717, 1.165) is 27.2 Å². The SMILES string of the molecule is COc1cc2c(cc1OC)C(Nc1ccc3sc(NC(=O)c4ccccc4)nc3c1)N(C)C=N2. The smallest absolute Gasteiger partial charge is 0.257 e. The van der Waals surface area contributed by atoms with Crippen LogP contribution >= 0.6 is 11.3 Å². The van der Waals surface area contributed by atoms with Gasteiger partial charge in [-0.2, -0.15) is 0 Å². The van der Waals surface area contributed by atoms with E-state index in [1.165, 1.54) is 11.3 Å². The number of nitrogens with zero attached hydrogens (tertiary/aromatic N) is 3. The molecule has 1 aliphatic heterocycles. The number of anilines is 2. The fourth-order valence-corrected chi connectivity index (χ4v) is 4.66. The number of nitrogens with one attached hydrogen (secondary N) is 2. The Morgan fingerprint density at radius 2 is 1.79 bits per heavy atom. The molecule has 1 aromatic heterocycles. The van der Waals surface area contributed by atoms with Crippen LogP contribution < -0.4 is 20.1 Å². The van der Waals surface area contributed by atoms with Crippen LogP contribution in [0.3, 0.4) is 0 Å². The Morgan fingerprint density at radius 3 is 2.56 bits per heavy atom. The van der Waals surface area contributed by atoms with Gasteiger partial charge < -0.3 is 19.7 Å². The molecule has 4 aromatic rings. The van der Waals surface area contributed by atoms with Crippen molar-refractivity contribution < 1.29 is 14.3 Å². The highest BCUT2D eigenvalue weighted by Gasteiger charge is 2.25. The first-order valence-electron chi connectivity index (χ1n) is 10.6. The molecule has 5 rings (SSSR count). The molecule has 172 valence electrons. The zero-order valence-corrected chi connectivity index (χ0v) is 19.7. The summed E-state index contributed by atoms with van der Waals surface area (Å²) in [4.78, 5) is 23.6. The zero-order chi connectivity index (χ0) is 23.7. The molecular formula is C25H23N5O3S. The highest BCUT2D eigenvalue weighted by Crippen LogP contribution is 2.41. The van der Waals surface area contributed by atoms with Gasteiger partial charge in [-0.1, -0.05) is 29.5 Å². The average Bonchev–Trinajstić information content (AvgIpc) is 3.27. The molecule has 2 N–H and O–H groups in total. The number of carbonyl (C=O) groups is 1. The molecule has 1 amide bonds. The molecule has 0 saturated heterocycles. The van der Waals surface area contributed by atoms with E-state index in [2.05, 4.69) is 20.6 Å². The lowest BCUT2D eigenvalue weighted by atomic mass is 10.1. The Morgan fingerprint density at radius 1 is 1.03 bits per heavy atom. The van der Waals surface area contributed by atoms with Crippen LogP contribution in [-0.4, -0.2) is 43.4 Å². The summed E-state index contributed by atoms with van der Waals surface area (Å²) in [6.07, 6.45) is 1.62. The van der Waals surface area contributed by atoms with Gasteiger partial charge in [-0.05, 0) is 36.4 Å². The molecule has 9 heteroatoms. The van der Waals surface area contributed by atoms with E-state index in [1.54, 1.807) is 32.7 Å². The molecule has 0 fully saturated rings. The summed E-state index contributed by atoms with van der Waals surface area (Å²) < 4.78 is 11.9. The van der Waals surface area contributed by atoms with E-state index in [-0.39, 0.29) is 12.1 Å². The minimum absolute atomic E-state index is 0.166. The van der Waals surface area contributed by atoms with Gasteiger partial charge in [0, 0.05) is 29.9 Å². The number of aliphatic imine (C=N–C) groups is 1. The molecule has 0 saturated carbocycles. The Balaban J connectivity index is 1.40. The van der Waals surface area contributed by atoms with Crippen molar-refractivity contribution in [2.75, 3.05) is 31.9 Å². The Kier molecular flexibility index (Phi) is 5.77. The number of ether oxygens (including phenoxy) is 2. The number of rotatable bonds is 6. The van der Waals surface area contributed by atoms with E-state index < -0.39 is 0 Å². The van der Waals surface area contributed by atoms with Gasteiger partial charge in [0.25, 0.3) is 5.91 Å². The third-order valence-corrected chi connectivity index (χ3v) is 6.51. The van der Waals surface area contributed by atoms with Crippen molar-refractivity contribution in [2.45, 2.75) is 6.17 Å². The van der Waals surface area contributed by atoms with Crippen molar-refractivity contribution in [2.24, 2.45) is 4.99 Å². The number of aromatic nitrogens is 1. The third-order valence-electron chi connectivity index (χ3n) is 5.56. The number of thiazole rings is 1. The van der Waals surface area contributed by atoms with E-state index in [4.69, 9.17) is 9.47 Å². The van der Waals surface area contributed by atoms with Crippen molar-refractivity contribution in [3.8, 4) is 11.5 Å². The third kappa shape index (κ3) is 4.13. The largest absolute Gasteiger partial charge is 0.493 e. The summed E-state index contributed by atoms with van der Waals surface area (Å²) in [5.41, 5.74) is 4.08. The minimum atomic E-state index is -0.179. The number of methoxy groups -OCH3 is 2. The van der Waals surface area contributed by atoms with Gasteiger partial charge in [0.05, 0.1) is 36.5 Å². The van der Waals surface area contributed by atoms with Gasteiger partial charge in [-0.3, -0.25) is 10.1 Å². The molecule has 3 aromatic carbocycles. The molecule has 8 nitrogen and oxygen atoms in total. The normalized spacial score (nSPS) is 14.6. The van der Waals surface area contributed by atoms with Gasteiger partial charge in [0.1, 0.15) is 6.17 Å².